The van der Waals surface area contributed by atoms with Crippen molar-refractivity contribution in [1.82, 2.24) is 4.90 Å². The van der Waals surface area contributed by atoms with Crippen molar-refractivity contribution in [2.45, 2.75) is 57.4 Å². The lowest BCUT2D eigenvalue weighted by molar-refractivity contribution is 0.159. The number of nitrogens with one attached hydrogen (secondary N) is 1. The van der Waals surface area contributed by atoms with Crippen LogP contribution in [0.2, 0.25) is 6.32 Å². The Kier molecular flexibility index (Phi) is 6.76. The minimum Gasteiger partial charge on any atom is -0.427 e. The lowest BCUT2D eigenvalue weighted by Gasteiger charge is -2.35. The number of benzene rings is 1. The summed E-state index contributed by atoms with van der Waals surface area (Å²) in [6.45, 7) is 4.35. The smallest absolute Gasteiger partial charge is 0.427 e. The summed E-state index contributed by atoms with van der Waals surface area (Å²) in [4.78, 5) is 2.56. The normalized spacial score (nSPS) is 19.5. The van der Waals surface area contributed by atoms with Gasteiger partial charge in [0.05, 0.1) is 0 Å². The number of rotatable bonds is 8. The third kappa shape index (κ3) is 5.20. The number of likely N-dealkylation sites (tertiary alicyclic amines) is 1. The van der Waals surface area contributed by atoms with E-state index >= 15 is 0 Å². The number of piperidine rings is 1. The number of nitrogens with zero attached hydrogens (tertiary/aromatic N) is 1. The molecule has 0 bridgehead atoms. The van der Waals surface area contributed by atoms with Gasteiger partial charge < -0.3 is 21.1 Å². The summed E-state index contributed by atoms with van der Waals surface area (Å²) in [5, 5.41) is 21.3. The van der Waals surface area contributed by atoms with Gasteiger partial charge in [-0.1, -0.05) is 31.0 Å². The van der Waals surface area contributed by atoms with Crippen molar-refractivity contribution in [2.75, 3.05) is 25.0 Å². The molecule has 6 heteroatoms. The summed E-state index contributed by atoms with van der Waals surface area (Å²) in [6, 6.07) is 6.93. The molecule has 1 fully saturated rings. The van der Waals surface area contributed by atoms with Crippen LogP contribution in [0.1, 0.15) is 43.2 Å². The van der Waals surface area contributed by atoms with Crippen LogP contribution in [0.5, 0.6) is 0 Å². The molecule has 0 aliphatic carbocycles. The molecular formula is C19H32BN3O2. The largest absolute Gasteiger partial charge is 0.451 e. The van der Waals surface area contributed by atoms with E-state index in [0.717, 1.165) is 51.9 Å². The zero-order valence-electron chi connectivity index (χ0n) is 15.2. The van der Waals surface area contributed by atoms with Crippen LogP contribution < -0.4 is 11.1 Å². The lowest BCUT2D eigenvalue weighted by Crippen LogP contribution is -2.40. The maximum absolute atomic E-state index is 8.89. The third-order valence-electron chi connectivity index (χ3n) is 5.81. The molecule has 1 aromatic rings. The van der Waals surface area contributed by atoms with Gasteiger partial charge in [-0.15, -0.1) is 0 Å². The van der Waals surface area contributed by atoms with Crippen LogP contribution in [0.3, 0.4) is 0 Å². The highest BCUT2D eigenvalue weighted by atomic mass is 16.4. The quantitative estimate of drug-likeness (QED) is 0.427. The highest BCUT2D eigenvalue weighted by molar-refractivity contribution is 6.40. The second-order valence-electron chi connectivity index (χ2n) is 7.67. The van der Waals surface area contributed by atoms with Gasteiger partial charge in [0, 0.05) is 24.8 Å². The molecule has 0 radical (unpaired) electrons. The van der Waals surface area contributed by atoms with Gasteiger partial charge in [0.1, 0.15) is 0 Å². The van der Waals surface area contributed by atoms with Gasteiger partial charge in [0.2, 0.25) is 0 Å². The van der Waals surface area contributed by atoms with Crippen LogP contribution >= 0.6 is 0 Å². The SMILES string of the molecule is NC(CCCCB(O)O)C1CCN(Cc2cccc3c2NCC3)CC1. The van der Waals surface area contributed by atoms with Crippen LogP contribution in [0.15, 0.2) is 18.2 Å². The zero-order chi connectivity index (χ0) is 17.6. The van der Waals surface area contributed by atoms with Crippen molar-refractivity contribution < 1.29 is 10.0 Å². The molecule has 1 atom stereocenters. The van der Waals surface area contributed by atoms with Gasteiger partial charge in [0.25, 0.3) is 0 Å². The maximum Gasteiger partial charge on any atom is 0.451 e. The Hall–Kier alpha value is -1.08. The van der Waals surface area contributed by atoms with E-state index in [4.69, 9.17) is 15.8 Å². The average molecular weight is 345 g/mol. The molecule has 1 aromatic carbocycles. The molecule has 1 saturated heterocycles. The molecular weight excluding hydrogens is 313 g/mol. The van der Waals surface area contributed by atoms with Crippen molar-refractivity contribution in [3.63, 3.8) is 0 Å². The van der Waals surface area contributed by atoms with E-state index in [1.165, 1.54) is 29.7 Å². The van der Waals surface area contributed by atoms with Crippen LogP contribution in [0.4, 0.5) is 5.69 Å². The van der Waals surface area contributed by atoms with Crippen LogP contribution in [-0.2, 0) is 13.0 Å². The Bertz CT molecular complexity index is 547. The highest BCUT2D eigenvalue weighted by Gasteiger charge is 2.25. The zero-order valence-corrected chi connectivity index (χ0v) is 15.2. The molecule has 5 N–H and O–H groups in total. The van der Waals surface area contributed by atoms with Crippen LogP contribution in [0.25, 0.3) is 0 Å². The minimum absolute atomic E-state index is 0.251. The first-order valence-corrected chi connectivity index (χ1v) is 9.82. The molecule has 5 nitrogen and oxygen atoms in total. The fourth-order valence-electron chi connectivity index (χ4n) is 4.27. The Morgan fingerprint density at radius 1 is 1.24 bits per heavy atom. The molecule has 0 aromatic heterocycles. The number of nitrogens with two attached hydrogens (primary N) is 1. The predicted octanol–water partition coefficient (Wildman–Crippen LogP) is 1.84. The highest BCUT2D eigenvalue weighted by Crippen LogP contribution is 2.29. The van der Waals surface area contributed by atoms with Crippen molar-refractivity contribution >= 4 is 12.8 Å². The predicted molar refractivity (Wildman–Crippen MR) is 103 cm³/mol. The van der Waals surface area contributed by atoms with E-state index in [2.05, 4.69) is 28.4 Å². The fourth-order valence-corrected chi connectivity index (χ4v) is 4.27. The molecule has 0 saturated carbocycles. The summed E-state index contributed by atoms with van der Waals surface area (Å²) in [7, 11) is -1.17. The van der Waals surface area contributed by atoms with E-state index in [9.17, 15) is 0 Å². The fraction of sp³-hybridized carbons (Fsp3) is 0.684. The van der Waals surface area contributed by atoms with Crippen molar-refractivity contribution in [3.05, 3.63) is 29.3 Å². The number of para-hydroxylation sites is 1. The van der Waals surface area contributed by atoms with E-state index in [1.54, 1.807) is 0 Å². The van der Waals surface area contributed by atoms with E-state index < -0.39 is 7.12 Å². The molecule has 25 heavy (non-hydrogen) atoms. The van der Waals surface area contributed by atoms with Gasteiger partial charge in [-0.05, 0) is 62.1 Å². The van der Waals surface area contributed by atoms with Crippen LogP contribution in [0, 0.1) is 5.92 Å². The number of fused-ring (bicyclic) bond motifs is 1. The third-order valence-corrected chi connectivity index (χ3v) is 5.81. The first-order valence-electron chi connectivity index (χ1n) is 9.82. The Morgan fingerprint density at radius 3 is 2.80 bits per heavy atom. The number of hydrogen-bond acceptors (Lipinski definition) is 5. The molecule has 2 aliphatic heterocycles. The molecule has 1 unspecified atom stereocenters. The van der Waals surface area contributed by atoms with Crippen molar-refractivity contribution in [3.8, 4) is 0 Å². The van der Waals surface area contributed by atoms with Gasteiger partial charge >= 0.3 is 7.12 Å². The topological polar surface area (TPSA) is 81.8 Å². The number of anilines is 1. The van der Waals surface area contributed by atoms with E-state index in [0.29, 0.717) is 12.2 Å². The van der Waals surface area contributed by atoms with E-state index in [1.807, 2.05) is 0 Å². The molecule has 2 heterocycles. The second kappa shape index (κ2) is 9.03. The monoisotopic (exact) mass is 345 g/mol. The summed E-state index contributed by atoms with van der Waals surface area (Å²) < 4.78 is 0. The summed E-state index contributed by atoms with van der Waals surface area (Å²) in [5.74, 6) is 0.606. The Morgan fingerprint density at radius 2 is 2.04 bits per heavy atom. The number of hydrogen-bond donors (Lipinski definition) is 4. The molecule has 2 aliphatic rings. The molecule has 0 amide bonds. The Balaban J connectivity index is 1.41. The average Bonchev–Trinajstić information content (AvgIpc) is 3.09. The summed E-state index contributed by atoms with van der Waals surface area (Å²) in [5.41, 5.74) is 10.6. The molecule has 3 rings (SSSR count). The van der Waals surface area contributed by atoms with Gasteiger partial charge in [-0.25, -0.2) is 0 Å². The van der Waals surface area contributed by atoms with Gasteiger partial charge in [-0.2, -0.15) is 0 Å². The Labute approximate surface area is 151 Å². The molecule has 0 spiro atoms. The van der Waals surface area contributed by atoms with Gasteiger partial charge in [0.15, 0.2) is 0 Å². The van der Waals surface area contributed by atoms with E-state index in [-0.39, 0.29) is 6.04 Å². The van der Waals surface area contributed by atoms with Crippen LogP contribution in [-0.4, -0.2) is 47.7 Å². The maximum atomic E-state index is 8.89. The molecule has 138 valence electrons. The van der Waals surface area contributed by atoms with Crippen molar-refractivity contribution in [1.29, 1.82) is 0 Å². The first-order chi connectivity index (χ1) is 12.1. The summed E-state index contributed by atoms with van der Waals surface area (Å²) in [6.07, 6.45) is 6.77. The summed E-state index contributed by atoms with van der Waals surface area (Å²) >= 11 is 0. The standard InChI is InChI=1S/C19H32BN3O2/c21-18(6-1-2-10-20(24)25)15-8-12-23(13-9-15)14-17-5-3-4-16-7-11-22-19(16)17/h3-5,15,18,22,24-25H,1-2,6-14,21H2. The van der Waals surface area contributed by atoms with Crippen molar-refractivity contribution in [2.24, 2.45) is 11.7 Å². The van der Waals surface area contributed by atoms with Gasteiger partial charge in [-0.3, -0.25) is 4.90 Å². The second-order valence-corrected chi connectivity index (χ2v) is 7.67. The first kappa shape index (κ1) is 18.7. The minimum atomic E-state index is -1.17. The lowest BCUT2D eigenvalue weighted by atomic mass is 9.82. The number of unbranched alkanes of at least 4 members (excludes halogenated alkanes) is 1.